The van der Waals surface area contributed by atoms with Gasteiger partial charge < -0.3 is 14.6 Å². The molecule has 0 radical (unpaired) electrons. The number of hydrogen-bond acceptors (Lipinski definition) is 2. The van der Waals surface area contributed by atoms with Gasteiger partial charge in [0.1, 0.15) is 5.69 Å². The molecule has 5 heteroatoms. The maximum Gasteiger partial charge on any atom is 0.352 e. The van der Waals surface area contributed by atoms with Crippen LogP contribution in [0.1, 0.15) is 29.4 Å². The lowest BCUT2D eigenvalue weighted by Gasteiger charge is -2.30. The van der Waals surface area contributed by atoms with Gasteiger partial charge in [0.05, 0.1) is 0 Å². The van der Waals surface area contributed by atoms with Crippen LogP contribution in [0, 0.1) is 0 Å². The minimum atomic E-state index is -0.857. The third-order valence-electron chi connectivity index (χ3n) is 3.12. The van der Waals surface area contributed by atoms with Gasteiger partial charge in [-0.3, -0.25) is 0 Å². The van der Waals surface area contributed by atoms with E-state index in [4.69, 9.17) is 5.11 Å². The fraction of sp³-hybridized carbons (Fsp3) is 0.545. The first-order chi connectivity index (χ1) is 7.58. The van der Waals surface area contributed by atoms with Crippen LogP contribution in [-0.4, -0.2) is 40.7 Å². The number of likely N-dealkylation sites (tertiary alicyclic amines) is 1. The van der Waals surface area contributed by atoms with Crippen LogP contribution in [0.4, 0.5) is 0 Å². The lowest BCUT2D eigenvalue weighted by Crippen LogP contribution is -2.32. The van der Waals surface area contributed by atoms with Crippen molar-refractivity contribution in [1.29, 1.82) is 0 Å². The predicted octanol–water partition coefficient (Wildman–Crippen LogP) is 2.22. The number of carboxylic acids is 1. The molecule has 0 unspecified atom stereocenters. The molecule has 1 aliphatic heterocycles. The first-order valence-electron chi connectivity index (χ1n) is 5.37. The fourth-order valence-electron chi connectivity index (χ4n) is 2.19. The van der Waals surface area contributed by atoms with E-state index in [1.165, 1.54) is 0 Å². The number of carbonyl (C=O) groups is 1. The number of piperidine rings is 1. The van der Waals surface area contributed by atoms with Crippen molar-refractivity contribution in [2.75, 3.05) is 20.1 Å². The molecule has 0 saturated carbocycles. The summed E-state index contributed by atoms with van der Waals surface area (Å²) in [5.41, 5.74) is 0.376. The SMILES string of the molecule is CN1CCC(n2cc(Br)cc2C(=O)O)CC1. The number of aromatic nitrogens is 1. The predicted molar refractivity (Wildman–Crippen MR) is 64.9 cm³/mol. The Morgan fingerprint density at radius 1 is 1.50 bits per heavy atom. The van der Waals surface area contributed by atoms with E-state index in [2.05, 4.69) is 27.9 Å². The van der Waals surface area contributed by atoms with Gasteiger partial charge in [0.15, 0.2) is 0 Å². The van der Waals surface area contributed by atoms with E-state index in [-0.39, 0.29) is 0 Å². The number of aromatic carboxylic acids is 1. The first kappa shape index (κ1) is 11.7. The summed E-state index contributed by atoms with van der Waals surface area (Å²) < 4.78 is 2.73. The van der Waals surface area contributed by atoms with E-state index in [9.17, 15) is 4.79 Å². The third-order valence-corrected chi connectivity index (χ3v) is 3.55. The van der Waals surface area contributed by atoms with E-state index >= 15 is 0 Å². The van der Waals surface area contributed by atoms with Gasteiger partial charge in [-0.15, -0.1) is 0 Å². The highest BCUT2D eigenvalue weighted by atomic mass is 79.9. The molecule has 2 heterocycles. The molecule has 2 rings (SSSR count). The molecular formula is C11H15BrN2O2. The number of halogens is 1. The van der Waals surface area contributed by atoms with Crippen LogP contribution in [-0.2, 0) is 0 Å². The molecule has 1 aromatic heterocycles. The smallest absolute Gasteiger partial charge is 0.352 e. The van der Waals surface area contributed by atoms with Gasteiger partial charge in [-0.25, -0.2) is 4.79 Å². The zero-order chi connectivity index (χ0) is 11.7. The summed E-state index contributed by atoms with van der Waals surface area (Å²) in [6.45, 7) is 2.05. The Labute approximate surface area is 103 Å². The maximum absolute atomic E-state index is 11.1. The molecule has 0 amide bonds. The molecule has 16 heavy (non-hydrogen) atoms. The Bertz CT molecular complexity index is 395. The second-order valence-corrected chi connectivity index (χ2v) is 5.21. The number of hydrogen-bond donors (Lipinski definition) is 1. The maximum atomic E-state index is 11.1. The summed E-state index contributed by atoms with van der Waals surface area (Å²) in [6.07, 6.45) is 3.90. The quantitative estimate of drug-likeness (QED) is 0.907. The molecule has 0 spiro atoms. The van der Waals surface area contributed by atoms with Crippen LogP contribution in [0.2, 0.25) is 0 Å². The molecule has 1 aliphatic rings. The van der Waals surface area contributed by atoms with Crippen molar-refractivity contribution in [3.05, 3.63) is 22.4 Å². The summed E-state index contributed by atoms with van der Waals surface area (Å²) >= 11 is 3.34. The Morgan fingerprint density at radius 3 is 2.69 bits per heavy atom. The second kappa shape index (κ2) is 4.59. The highest BCUT2D eigenvalue weighted by Crippen LogP contribution is 2.26. The molecule has 0 bridgehead atoms. The van der Waals surface area contributed by atoms with Crippen LogP contribution in [0.3, 0.4) is 0 Å². The minimum absolute atomic E-state index is 0.314. The molecule has 0 aromatic carbocycles. The largest absolute Gasteiger partial charge is 0.477 e. The minimum Gasteiger partial charge on any atom is -0.477 e. The van der Waals surface area contributed by atoms with Crippen LogP contribution in [0.5, 0.6) is 0 Å². The molecule has 88 valence electrons. The molecule has 4 nitrogen and oxygen atoms in total. The Morgan fingerprint density at radius 2 is 2.12 bits per heavy atom. The van der Waals surface area contributed by atoms with E-state index < -0.39 is 5.97 Å². The molecule has 1 saturated heterocycles. The number of nitrogens with zero attached hydrogens (tertiary/aromatic N) is 2. The van der Waals surface area contributed by atoms with Crippen LogP contribution in [0.15, 0.2) is 16.7 Å². The summed E-state index contributed by atoms with van der Waals surface area (Å²) in [5, 5.41) is 9.11. The van der Waals surface area contributed by atoms with Gasteiger partial charge in [-0.1, -0.05) is 0 Å². The monoisotopic (exact) mass is 286 g/mol. The standard InChI is InChI=1S/C11H15BrN2O2/c1-13-4-2-9(3-5-13)14-7-8(12)6-10(14)11(15)16/h6-7,9H,2-5H2,1H3,(H,15,16). The van der Waals surface area contributed by atoms with Crippen LogP contribution < -0.4 is 0 Å². The zero-order valence-corrected chi connectivity index (χ0v) is 10.8. The molecule has 1 fully saturated rings. The molecule has 0 atom stereocenters. The van der Waals surface area contributed by atoms with Crippen molar-refractivity contribution in [1.82, 2.24) is 9.47 Å². The van der Waals surface area contributed by atoms with Crippen molar-refractivity contribution in [3.8, 4) is 0 Å². The third kappa shape index (κ3) is 2.30. The van der Waals surface area contributed by atoms with Crippen molar-refractivity contribution in [3.63, 3.8) is 0 Å². The van der Waals surface area contributed by atoms with Gasteiger partial charge >= 0.3 is 5.97 Å². The topological polar surface area (TPSA) is 45.5 Å². The van der Waals surface area contributed by atoms with Gasteiger partial charge in [-0.2, -0.15) is 0 Å². The van der Waals surface area contributed by atoms with E-state index in [0.29, 0.717) is 11.7 Å². The Kier molecular flexibility index (Phi) is 3.35. The summed E-state index contributed by atoms with van der Waals surface area (Å²) in [4.78, 5) is 13.4. The van der Waals surface area contributed by atoms with Crippen molar-refractivity contribution >= 4 is 21.9 Å². The average molecular weight is 287 g/mol. The van der Waals surface area contributed by atoms with Gasteiger partial charge in [0, 0.05) is 16.7 Å². The first-order valence-corrected chi connectivity index (χ1v) is 6.16. The summed E-state index contributed by atoms with van der Waals surface area (Å²) in [6, 6.07) is 1.98. The second-order valence-electron chi connectivity index (χ2n) is 4.29. The van der Waals surface area contributed by atoms with E-state index in [1.807, 2.05) is 10.8 Å². The highest BCUT2D eigenvalue weighted by molar-refractivity contribution is 9.10. The van der Waals surface area contributed by atoms with E-state index in [0.717, 1.165) is 30.4 Å². The molecule has 1 aromatic rings. The molecular weight excluding hydrogens is 272 g/mol. The molecule has 0 aliphatic carbocycles. The highest BCUT2D eigenvalue weighted by Gasteiger charge is 2.22. The van der Waals surface area contributed by atoms with Gasteiger partial charge in [0.2, 0.25) is 0 Å². The molecule has 1 N–H and O–H groups in total. The van der Waals surface area contributed by atoms with Crippen molar-refractivity contribution < 1.29 is 9.90 Å². The van der Waals surface area contributed by atoms with Crippen molar-refractivity contribution in [2.45, 2.75) is 18.9 Å². The van der Waals surface area contributed by atoms with Gasteiger partial charge in [-0.05, 0) is 55.0 Å². The number of rotatable bonds is 2. The summed E-state index contributed by atoms with van der Waals surface area (Å²) in [5.74, 6) is -0.857. The zero-order valence-electron chi connectivity index (χ0n) is 9.19. The lowest BCUT2D eigenvalue weighted by molar-refractivity contribution is 0.0679. The Hall–Kier alpha value is -0.810. The number of carboxylic acid groups (broad SMARTS) is 1. The Balaban J connectivity index is 2.22. The normalized spacial score (nSPS) is 18.9. The van der Waals surface area contributed by atoms with E-state index in [1.54, 1.807) is 6.07 Å². The lowest BCUT2D eigenvalue weighted by atomic mass is 10.1. The van der Waals surface area contributed by atoms with Crippen LogP contribution >= 0.6 is 15.9 Å². The fourth-order valence-corrected chi connectivity index (χ4v) is 2.63. The summed E-state index contributed by atoms with van der Waals surface area (Å²) in [7, 11) is 2.10. The average Bonchev–Trinajstić information content (AvgIpc) is 2.61. The van der Waals surface area contributed by atoms with Gasteiger partial charge in [0.25, 0.3) is 0 Å². The van der Waals surface area contributed by atoms with Crippen LogP contribution in [0.25, 0.3) is 0 Å². The van der Waals surface area contributed by atoms with Crippen molar-refractivity contribution in [2.24, 2.45) is 0 Å².